The van der Waals surface area contributed by atoms with Gasteiger partial charge in [-0.05, 0) is 42.6 Å². The quantitative estimate of drug-likeness (QED) is 0.412. The summed E-state index contributed by atoms with van der Waals surface area (Å²) in [5.74, 6) is 2.19. The van der Waals surface area contributed by atoms with Crippen LogP contribution in [0.15, 0.2) is 77.3 Å². The Morgan fingerprint density at radius 1 is 1.09 bits per heavy atom. The van der Waals surface area contributed by atoms with E-state index in [0.717, 1.165) is 16.2 Å². The first-order valence-electron chi connectivity index (χ1n) is 10.7. The predicted molar refractivity (Wildman–Crippen MR) is 132 cm³/mol. The Morgan fingerprint density at radius 2 is 1.94 bits per heavy atom. The van der Waals surface area contributed by atoms with Crippen molar-refractivity contribution < 1.29 is 14.3 Å². The van der Waals surface area contributed by atoms with Gasteiger partial charge in [-0.25, -0.2) is 4.68 Å². The van der Waals surface area contributed by atoms with E-state index >= 15 is 0 Å². The number of rotatable bonds is 6. The highest BCUT2D eigenvalue weighted by molar-refractivity contribution is 7.10. The lowest BCUT2D eigenvalue weighted by Gasteiger charge is -2.27. The second-order valence-corrected chi connectivity index (χ2v) is 8.65. The van der Waals surface area contributed by atoms with Gasteiger partial charge in [-0.2, -0.15) is 4.98 Å². The number of methoxy groups -OCH3 is 2. The Balaban J connectivity index is 1.56. The van der Waals surface area contributed by atoms with Crippen LogP contribution in [0, 0.1) is 0 Å². The highest BCUT2D eigenvalue weighted by atomic mass is 32.1. The molecule has 1 atom stereocenters. The lowest BCUT2D eigenvalue weighted by atomic mass is 10.0. The van der Waals surface area contributed by atoms with Crippen LogP contribution in [-0.4, -0.2) is 34.9 Å². The van der Waals surface area contributed by atoms with Crippen LogP contribution in [0.4, 0.5) is 11.6 Å². The molecule has 2 aromatic heterocycles. The molecule has 172 valence electrons. The number of ether oxygens (including phenoxy) is 2. The summed E-state index contributed by atoms with van der Waals surface area (Å²) in [6.45, 7) is 1.88. The molecule has 0 saturated heterocycles. The molecule has 1 aliphatic rings. The summed E-state index contributed by atoms with van der Waals surface area (Å²) >= 11 is 1.57. The fourth-order valence-corrected chi connectivity index (χ4v) is 4.80. The zero-order valence-electron chi connectivity index (χ0n) is 18.9. The van der Waals surface area contributed by atoms with Gasteiger partial charge in [-0.3, -0.25) is 4.79 Å². The second-order valence-electron chi connectivity index (χ2n) is 7.67. The number of nitrogens with one attached hydrogen (secondary N) is 2. The van der Waals surface area contributed by atoms with Gasteiger partial charge >= 0.3 is 0 Å². The van der Waals surface area contributed by atoms with E-state index in [9.17, 15) is 4.79 Å². The maximum Gasteiger partial charge on any atom is 0.256 e. The highest BCUT2D eigenvalue weighted by Crippen LogP contribution is 2.39. The number of para-hydroxylation sites is 2. The van der Waals surface area contributed by atoms with E-state index in [0.29, 0.717) is 34.5 Å². The van der Waals surface area contributed by atoms with E-state index in [2.05, 4.69) is 10.6 Å². The standard InChI is InChI=1S/C25H23N5O3S/c1-15-21(24(31)27-18-10-4-5-11-19(18)33-3)22(20-12-7-13-34-20)30-25(26-15)28-23(29-30)16-8-6-9-17(14-16)32-2/h4-14,22H,1-3H3,(H,27,31)(H,26,28,29)/t22-/m0/s1. The molecule has 2 N–H and O–H groups in total. The number of hydrogen-bond donors (Lipinski definition) is 2. The van der Waals surface area contributed by atoms with Gasteiger partial charge in [0.05, 0.1) is 25.5 Å². The van der Waals surface area contributed by atoms with Gasteiger partial charge in [-0.1, -0.05) is 30.3 Å². The number of thiophene rings is 1. The third-order valence-electron chi connectivity index (χ3n) is 5.59. The molecule has 0 saturated carbocycles. The normalized spacial score (nSPS) is 14.9. The molecule has 0 aliphatic carbocycles. The number of fused-ring (bicyclic) bond motifs is 1. The Hall–Kier alpha value is -4.11. The minimum absolute atomic E-state index is 0.239. The zero-order valence-corrected chi connectivity index (χ0v) is 19.7. The molecule has 1 aliphatic heterocycles. The predicted octanol–water partition coefficient (Wildman–Crippen LogP) is 4.95. The summed E-state index contributed by atoms with van der Waals surface area (Å²) in [5, 5.41) is 13.1. The largest absolute Gasteiger partial charge is 0.497 e. The number of hydrogen-bond acceptors (Lipinski definition) is 7. The summed E-state index contributed by atoms with van der Waals surface area (Å²) < 4.78 is 12.5. The highest BCUT2D eigenvalue weighted by Gasteiger charge is 2.35. The smallest absolute Gasteiger partial charge is 0.256 e. The minimum atomic E-state index is -0.433. The molecule has 1 amide bonds. The molecule has 8 nitrogen and oxygen atoms in total. The van der Waals surface area contributed by atoms with Crippen molar-refractivity contribution in [2.45, 2.75) is 13.0 Å². The number of anilines is 2. The van der Waals surface area contributed by atoms with Crippen molar-refractivity contribution >= 4 is 28.9 Å². The van der Waals surface area contributed by atoms with Crippen LogP contribution < -0.4 is 20.1 Å². The third kappa shape index (κ3) is 3.90. The Morgan fingerprint density at radius 3 is 2.71 bits per heavy atom. The van der Waals surface area contributed by atoms with Crippen molar-refractivity contribution in [2.75, 3.05) is 24.9 Å². The van der Waals surface area contributed by atoms with Crippen molar-refractivity contribution in [2.24, 2.45) is 0 Å². The Kier molecular flexibility index (Phi) is 5.77. The molecule has 0 spiro atoms. The molecule has 0 fully saturated rings. The molecule has 0 bridgehead atoms. The average Bonchev–Trinajstić information content (AvgIpc) is 3.54. The van der Waals surface area contributed by atoms with E-state index in [4.69, 9.17) is 19.6 Å². The Labute approximate surface area is 200 Å². The molecule has 34 heavy (non-hydrogen) atoms. The lowest BCUT2D eigenvalue weighted by Crippen LogP contribution is -2.31. The summed E-state index contributed by atoms with van der Waals surface area (Å²) in [6.07, 6.45) is 0. The number of benzene rings is 2. The number of carbonyl (C=O) groups is 1. The number of nitrogens with zero attached hydrogens (tertiary/aromatic N) is 3. The molecule has 2 aromatic carbocycles. The van der Waals surface area contributed by atoms with Crippen molar-refractivity contribution in [3.05, 3.63) is 82.2 Å². The summed E-state index contributed by atoms with van der Waals surface area (Å²) in [6, 6.07) is 18.4. The molecule has 0 radical (unpaired) electrons. The van der Waals surface area contributed by atoms with Crippen molar-refractivity contribution in [3.63, 3.8) is 0 Å². The monoisotopic (exact) mass is 473 g/mol. The number of allylic oxidation sites excluding steroid dienone is 1. The van der Waals surface area contributed by atoms with Gasteiger partial charge in [-0.15, -0.1) is 16.4 Å². The van der Waals surface area contributed by atoms with E-state index in [1.807, 2.05) is 73.0 Å². The maximum absolute atomic E-state index is 13.6. The SMILES string of the molecule is COc1cccc(-c2nc3n(n2)[C@@H](c2cccs2)C(C(=O)Nc2ccccc2OC)=C(C)N3)c1. The second kappa shape index (κ2) is 9.03. The van der Waals surface area contributed by atoms with Gasteiger partial charge in [0.1, 0.15) is 17.5 Å². The lowest BCUT2D eigenvalue weighted by molar-refractivity contribution is -0.113. The molecule has 3 heterocycles. The molecule has 0 unspecified atom stereocenters. The van der Waals surface area contributed by atoms with Crippen LogP contribution >= 0.6 is 11.3 Å². The first kappa shape index (κ1) is 21.7. The third-order valence-corrected chi connectivity index (χ3v) is 6.52. The first-order valence-corrected chi connectivity index (χ1v) is 11.5. The van der Waals surface area contributed by atoms with E-state index in [1.165, 1.54) is 0 Å². The fraction of sp³-hybridized carbons (Fsp3) is 0.160. The van der Waals surface area contributed by atoms with Crippen LogP contribution in [0.1, 0.15) is 17.8 Å². The summed E-state index contributed by atoms with van der Waals surface area (Å²) in [4.78, 5) is 19.3. The molecular weight excluding hydrogens is 450 g/mol. The number of aromatic nitrogens is 3. The van der Waals surface area contributed by atoms with Crippen LogP contribution in [0.2, 0.25) is 0 Å². The minimum Gasteiger partial charge on any atom is -0.497 e. The van der Waals surface area contributed by atoms with Gasteiger partial charge in [0, 0.05) is 16.1 Å². The average molecular weight is 474 g/mol. The van der Waals surface area contributed by atoms with Crippen LogP contribution in [0.5, 0.6) is 11.5 Å². The summed E-state index contributed by atoms with van der Waals surface area (Å²) in [5.41, 5.74) is 2.69. The van der Waals surface area contributed by atoms with Gasteiger partial charge in [0.15, 0.2) is 5.82 Å². The van der Waals surface area contributed by atoms with Crippen LogP contribution in [0.25, 0.3) is 11.4 Å². The van der Waals surface area contributed by atoms with Gasteiger partial charge in [0.2, 0.25) is 5.95 Å². The molecule has 4 aromatic rings. The van der Waals surface area contributed by atoms with Crippen LogP contribution in [0.3, 0.4) is 0 Å². The topological polar surface area (TPSA) is 90.3 Å². The van der Waals surface area contributed by atoms with E-state index in [-0.39, 0.29) is 5.91 Å². The summed E-state index contributed by atoms with van der Waals surface area (Å²) in [7, 11) is 3.20. The zero-order chi connectivity index (χ0) is 23.7. The number of amides is 1. The fourth-order valence-electron chi connectivity index (χ4n) is 3.98. The number of carbonyl (C=O) groups excluding carboxylic acids is 1. The van der Waals surface area contributed by atoms with Gasteiger partial charge in [0.25, 0.3) is 5.91 Å². The molecule has 5 rings (SSSR count). The van der Waals surface area contributed by atoms with Crippen LogP contribution in [-0.2, 0) is 4.79 Å². The van der Waals surface area contributed by atoms with Crippen molar-refractivity contribution in [1.82, 2.24) is 14.8 Å². The first-order chi connectivity index (χ1) is 16.6. The Bertz CT molecular complexity index is 1380. The van der Waals surface area contributed by atoms with E-state index in [1.54, 1.807) is 30.2 Å². The maximum atomic E-state index is 13.6. The van der Waals surface area contributed by atoms with Crippen molar-refractivity contribution in [1.29, 1.82) is 0 Å². The van der Waals surface area contributed by atoms with Gasteiger partial charge < -0.3 is 20.1 Å². The van der Waals surface area contributed by atoms with E-state index < -0.39 is 6.04 Å². The molecule has 9 heteroatoms. The van der Waals surface area contributed by atoms with Crippen molar-refractivity contribution in [3.8, 4) is 22.9 Å². The molecular formula is C25H23N5O3S.